The quantitative estimate of drug-likeness (QED) is 0.820. The minimum atomic E-state index is -0.0984. The fourth-order valence-corrected chi connectivity index (χ4v) is 1.68. The van der Waals surface area contributed by atoms with Crippen LogP contribution in [-0.2, 0) is 4.74 Å². The summed E-state index contributed by atoms with van der Waals surface area (Å²) in [6.07, 6.45) is 0. The second-order valence-electron chi connectivity index (χ2n) is 3.61. The van der Waals surface area contributed by atoms with Gasteiger partial charge in [0.05, 0.1) is 12.2 Å². The predicted octanol–water partition coefficient (Wildman–Crippen LogP) is 2.03. The lowest BCUT2D eigenvalue weighted by molar-refractivity contribution is 0.0707. The van der Waals surface area contributed by atoms with Crippen molar-refractivity contribution in [3.05, 3.63) is 28.8 Å². The molecule has 1 aromatic carbocycles. The first-order valence-corrected chi connectivity index (χ1v) is 5.81. The maximum atomic E-state index is 12.2. The van der Waals surface area contributed by atoms with Crippen LogP contribution in [0.4, 0.5) is 5.69 Å². The Labute approximate surface area is 106 Å². The van der Waals surface area contributed by atoms with Crippen LogP contribution in [0.3, 0.4) is 0 Å². The number of hydrogen-bond donors (Lipinski definition) is 1. The first-order chi connectivity index (χ1) is 8.10. The largest absolute Gasteiger partial charge is 0.398 e. The maximum absolute atomic E-state index is 12.2. The molecular formula is C12H17ClN2O2. The summed E-state index contributed by atoms with van der Waals surface area (Å²) in [5, 5.41) is 0.527. The molecule has 0 aliphatic carbocycles. The Bertz CT molecular complexity index is 396. The number of halogens is 1. The number of ether oxygens (including phenoxy) is 1. The van der Waals surface area contributed by atoms with E-state index in [0.29, 0.717) is 36.0 Å². The highest BCUT2D eigenvalue weighted by molar-refractivity contribution is 6.31. The number of nitrogens with two attached hydrogens (primary N) is 1. The average molecular weight is 257 g/mol. The van der Waals surface area contributed by atoms with Gasteiger partial charge in [-0.3, -0.25) is 4.79 Å². The second-order valence-corrected chi connectivity index (χ2v) is 4.05. The normalized spacial score (nSPS) is 10.3. The molecule has 0 spiro atoms. The van der Waals surface area contributed by atoms with Crippen molar-refractivity contribution in [3.8, 4) is 0 Å². The molecule has 0 fully saturated rings. The van der Waals surface area contributed by atoms with Crippen molar-refractivity contribution in [1.29, 1.82) is 0 Å². The summed E-state index contributed by atoms with van der Waals surface area (Å²) in [6.45, 7) is 3.59. The van der Waals surface area contributed by atoms with E-state index in [-0.39, 0.29) is 5.91 Å². The van der Waals surface area contributed by atoms with Gasteiger partial charge in [0.2, 0.25) is 0 Å². The van der Waals surface area contributed by atoms with Crippen LogP contribution in [-0.4, -0.2) is 37.6 Å². The molecule has 4 nitrogen and oxygen atoms in total. The zero-order valence-electron chi connectivity index (χ0n) is 10.1. The van der Waals surface area contributed by atoms with Crippen LogP contribution in [0.25, 0.3) is 0 Å². The molecule has 0 radical (unpaired) electrons. The van der Waals surface area contributed by atoms with Gasteiger partial charge in [0.25, 0.3) is 5.91 Å². The number of methoxy groups -OCH3 is 1. The first-order valence-electron chi connectivity index (χ1n) is 5.43. The van der Waals surface area contributed by atoms with Crippen molar-refractivity contribution in [2.24, 2.45) is 0 Å². The molecule has 0 aromatic heterocycles. The molecule has 1 rings (SSSR count). The molecule has 1 aromatic rings. The average Bonchev–Trinajstić information content (AvgIpc) is 2.29. The van der Waals surface area contributed by atoms with Gasteiger partial charge in [0.15, 0.2) is 0 Å². The van der Waals surface area contributed by atoms with E-state index in [9.17, 15) is 4.79 Å². The van der Waals surface area contributed by atoms with E-state index in [1.165, 1.54) is 0 Å². The molecular weight excluding hydrogens is 240 g/mol. The summed E-state index contributed by atoms with van der Waals surface area (Å²) >= 11 is 5.79. The lowest BCUT2D eigenvalue weighted by atomic mass is 10.1. The van der Waals surface area contributed by atoms with Crippen molar-refractivity contribution in [2.45, 2.75) is 6.92 Å². The third-order valence-electron chi connectivity index (χ3n) is 2.48. The number of carbonyl (C=O) groups is 1. The lowest BCUT2D eigenvalue weighted by Gasteiger charge is -2.21. The fourth-order valence-electron chi connectivity index (χ4n) is 1.50. The Morgan fingerprint density at radius 2 is 2.24 bits per heavy atom. The van der Waals surface area contributed by atoms with E-state index in [1.54, 1.807) is 30.2 Å². The topological polar surface area (TPSA) is 55.6 Å². The van der Waals surface area contributed by atoms with E-state index in [0.717, 1.165) is 0 Å². The van der Waals surface area contributed by atoms with Gasteiger partial charge in [0, 0.05) is 30.9 Å². The monoisotopic (exact) mass is 256 g/mol. The molecule has 0 bridgehead atoms. The summed E-state index contributed by atoms with van der Waals surface area (Å²) in [4.78, 5) is 13.8. The molecule has 0 heterocycles. The van der Waals surface area contributed by atoms with Gasteiger partial charge in [0.1, 0.15) is 0 Å². The Morgan fingerprint density at radius 1 is 1.53 bits per heavy atom. The highest BCUT2D eigenvalue weighted by atomic mass is 35.5. The molecule has 1 amide bonds. The van der Waals surface area contributed by atoms with Gasteiger partial charge in [-0.15, -0.1) is 0 Å². The third-order valence-corrected chi connectivity index (χ3v) is 2.71. The number of anilines is 1. The lowest BCUT2D eigenvalue weighted by Crippen LogP contribution is -2.34. The number of hydrogen-bond acceptors (Lipinski definition) is 3. The third kappa shape index (κ3) is 3.61. The van der Waals surface area contributed by atoms with Gasteiger partial charge in [-0.1, -0.05) is 11.6 Å². The number of rotatable bonds is 5. The van der Waals surface area contributed by atoms with Crippen molar-refractivity contribution >= 4 is 23.2 Å². The Kier molecular flexibility index (Phi) is 5.25. The van der Waals surface area contributed by atoms with Crippen LogP contribution in [0.2, 0.25) is 5.02 Å². The molecule has 0 aliphatic heterocycles. The molecule has 0 aliphatic rings. The summed E-state index contributed by atoms with van der Waals surface area (Å²) < 4.78 is 4.96. The summed E-state index contributed by atoms with van der Waals surface area (Å²) in [7, 11) is 1.61. The van der Waals surface area contributed by atoms with Gasteiger partial charge in [-0.25, -0.2) is 0 Å². The summed E-state index contributed by atoms with van der Waals surface area (Å²) in [5.41, 5.74) is 6.66. The highest BCUT2D eigenvalue weighted by Gasteiger charge is 2.16. The molecule has 0 atom stereocenters. The van der Waals surface area contributed by atoms with Crippen molar-refractivity contribution in [2.75, 3.05) is 32.5 Å². The number of carbonyl (C=O) groups excluding carboxylic acids is 1. The Morgan fingerprint density at radius 3 is 2.76 bits per heavy atom. The number of amides is 1. The van der Waals surface area contributed by atoms with Crippen LogP contribution >= 0.6 is 11.6 Å². The fraction of sp³-hybridized carbons (Fsp3) is 0.417. The van der Waals surface area contributed by atoms with Gasteiger partial charge in [-0.2, -0.15) is 0 Å². The molecule has 0 saturated carbocycles. The first kappa shape index (κ1) is 13.8. The van der Waals surface area contributed by atoms with Crippen LogP contribution in [0.15, 0.2) is 18.2 Å². The molecule has 0 unspecified atom stereocenters. The molecule has 0 saturated heterocycles. The second kappa shape index (κ2) is 6.47. The van der Waals surface area contributed by atoms with Gasteiger partial charge < -0.3 is 15.4 Å². The predicted molar refractivity (Wildman–Crippen MR) is 69.3 cm³/mol. The zero-order chi connectivity index (χ0) is 12.8. The van der Waals surface area contributed by atoms with E-state index in [1.807, 2.05) is 6.92 Å². The van der Waals surface area contributed by atoms with E-state index in [2.05, 4.69) is 0 Å². The minimum absolute atomic E-state index is 0.0984. The van der Waals surface area contributed by atoms with Crippen LogP contribution in [0, 0.1) is 0 Å². The number of nitrogen functional groups attached to an aromatic ring is 1. The van der Waals surface area contributed by atoms with Crippen LogP contribution < -0.4 is 5.73 Å². The Hall–Kier alpha value is -1.26. The van der Waals surface area contributed by atoms with Gasteiger partial charge >= 0.3 is 0 Å². The summed E-state index contributed by atoms with van der Waals surface area (Å²) in [6, 6.07) is 4.89. The van der Waals surface area contributed by atoms with Crippen LogP contribution in [0.5, 0.6) is 0 Å². The minimum Gasteiger partial charge on any atom is -0.398 e. The van der Waals surface area contributed by atoms with Crippen molar-refractivity contribution < 1.29 is 9.53 Å². The summed E-state index contributed by atoms with van der Waals surface area (Å²) in [5.74, 6) is -0.0984. The smallest absolute Gasteiger partial charge is 0.256 e. The van der Waals surface area contributed by atoms with Gasteiger partial charge in [-0.05, 0) is 25.1 Å². The Balaban J connectivity index is 2.86. The highest BCUT2D eigenvalue weighted by Crippen LogP contribution is 2.19. The number of benzene rings is 1. The zero-order valence-corrected chi connectivity index (χ0v) is 10.8. The molecule has 17 heavy (non-hydrogen) atoms. The maximum Gasteiger partial charge on any atom is 0.256 e. The van der Waals surface area contributed by atoms with Crippen molar-refractivity contribution in [1.82, 2.24) is 4.90 Å². The van der Waals surface area contributed by atoms with Crippen molar-refractivity contribution in [3.63, 3.8) is 0 Å². The van der Waals surface area contributed by atoms with E-state index < -0.39 is 0 Å². The molecule has 2 N–H and O–H groups in total. The number of nitrogens with zero attached hydrogens (tertiary/aromatic N) is 1. The van der Waals surface area contributed by atoms with E-state index in [4.69, 9.17) is 22.1 Å². The standard InChI is InChI=1S/C12H17ClN2O2/c1-3-15(6-7-17-2)12(16)10-5-4-9(13)8-11(10)14/h4-5,8H,3,6-7,14H2,1-2H3. The van der Waals surface area contributed by atoms with E-state index >= 15 is 0 Å². The van der Waals surface area contributed by atoms with Crippen LogP contribution in [0.1, 0.15) is 17.3 Å². The molecule has 5 heteroatoms. The molecule has 94 valence electrons. The SMILES string of the molecule is CCN(CCOC)C(=O)c1ccc(Cl)cc1N. The number of likely N-dealkylation sites (N-methyl/N-ethyl adjacent to an activating group) is 1.